The lowest BCUT2D eigenvalue weighted by Gasteiger charge is -2.03. The van der Waals surface area contributed by atoms with Crippen LogP contribution in [0.25, 0.3) is 10.6 Å². The number of rotatable bonds is 4. The molecule has 20 heavy (non-hydrogen) atoms. The molecule has 1 heterocycles. The average Bonchev–Trinajstić information content (AvgIpc) is 2.85. The zero-order chi connectivity index (χ0) is 14.7. The molecule has 0 radical (unpaired) electrons. The zero-order valence-corrected chi connectivity index (χ0v) is 12.0. The lowest BCUT2D eigenvalue weighted by Crippen LogP contribution is -2.20. The molecule has 0 aliphatic heterocycles. The van der Waals surface area contributed by atoms with Gasteiger partial charge in [0.05, 0.1) is 6.20 Å². The summed E-state index contributed by atoms with van der Waals surface area (Å²) < 4.78 is 4.75. The predicted molar refractivity (Wildman–Crippen MR) is 76.5 cm³/mol. The van der Waals surface area contributed by atoms with Gasteiger partial charge in [0.2, 0.25) is 0 Å². The third kappa shape index (κ3) is 3.21. The Bertz CT molecular complexity index is 664. The van der Waals surface area contributed by atoms with Crippen LogP contribution in [0.5, 0.6) is 0 Å². The van der Waals surface area contributed by atoms with E-state index in [0.29, 0.717) is 4.88 Å². The molecule has 0 aliphatic rings. The second-order valence-electron chi connectivity index (χ2n) is 4.39. The SMILES string of the molecule is Cc1ccc(-c2ncc(C(=O)OCC(N)=O)s2)c(C)c1. The van der Waals surface area contributed by atoms with Gasteiger partial charge in [0.1, 0.15) is 9.88 Å². The Labute approximate surface area is 120 Å². The predicted octanol–water partition coefficient (Wildman–Crippen LogP) is 2.07. The minimum Gasteiger partial charge on any atom is -0.451 e. The van der Waals surface area contributed by atoms with Crippen molar-refractivity contribution in [3.63, 3.8) is 0 Å². The van der Waals surface area contributed by atoms with Crippen molar-refractivity contribution >= 4 is 23.2 Å². The van der Waals surface area contributed by atoms with E-state index in [4.69, 9.17) is 10.5 Å². The molecule has 2 rings (SSSR count). The van der Waals surface area contributed by atoms with E-state index in [-0.39, 0.29) is 0 Å². The number of aromatic nitrogens is 1. The number of thiazole rings is 1. The van der Waals surface area contributed by atoms with Gasteiger partial charge in [-0.1, -0.05) is 23.8 Å². The lowest BCUT2D eigenvalue weighted by molar-refractivity contribution is -0.121. The summed E-state index contributed by atoms with van der Waals surface area (Å²) in [4.78, 5) is 26.8. The molecule has 0 aliphatic carbocycles. The Balaban J connectivity index is 2.20. The molecule has 0 atom stereocenters. The molecular formula is C14H14N2O3S. The van der Waals surface area contributed by atoms with Gasteiger partial charge in [-0.05, 0) is 19.4 Å². The molecule has 6 heteroatoms. The fraction of sp³-hybridized carbons (Fsp3) is 0.214. The molecule has 0 saturated carbocycles. The van der Waals surface area contributed by atoms with Crippen molar-refractivity contribution in [2.75, 3.05) is 6.61 Å². The highest BCUT2D eigenvalue weighted by Crippen LogP contribution is 2.28. The minimum atomic E-state index is -0.683. The quantitative estimate of drug-likeness (QED) is 0.874. The molecule has 0 spiro atoms. The molecule has 2 aromatic rings. The number of carbonyl (C=O) groups excluding carboxylic acids is 2. The number of carbonyl (C=O) groups is 2. The topological polar surface area (TPSA) is 82.3 Å². The summed E-state index contributed by atoms with van der Waals surface area (Å²) in [6.45, 7) is 3.59. The Morgan fingerprint density at radius 2 is 2.10 bits per heavy atom. The number of primary amides is 1. The van der Waals surface area contributed by atoms with E-state index in [1.54, 1.807) is 0 Å². The molecule has 1 aromatic carbocycles. The third-order valence-electron chi connectivity index (χ3n) is 2.66. The van der Waals surface area contributed by atoms with Crippen LogP contribution in [0.2, 0.25) is 0 Å². The van der Waals surface area contributed by atoms with Crippen LogP contribution in [0.3, 0.4) is 0 Å². The molecule has 2 N–H and O–H groups in total. The summed E-state index contributed by atoms with van der Waals surface area (Å²) in [5, 5.41) is 0.744. The maximum atomic E-state index is 11.7. The van der Waals surface area contributed by atoms with Crippen molar-refractivity contribution in [3.05, 3.63) is 40.4 Å². The first-order valence-corrected chi connectivity index (χ1v) is 6.78. The summed E-state index contributed by atoms with van der Waals surface area (Å²) in [6, 6.07) is 6.03. The van der Waals surface area contributed by atoms with Crippen molar-refractivity contribution in [2.24, 2.45) is 5.73 Å². The molecule has 1 aromatic heterocycles. The van der Waals surface area contributed by atoms with Gasteiger partial charge in [-0.15, -0.1) is 11.3 Å². The highest BCUT2D eigenvalue weighted by atomic mass is 32.1. The van der Waals surface area contributed by atoms with Crippen LogP contribution in [0, 0.1) is 13.8 Å². The van der Waals surface area contributed by atoms with E-state index < -0.39 is 18.5 Å². The fourth-order valence-electron chi connectivity index (χ4n) is 1.75. The smallest absolute Gasteiger partial charge is 0.350 e. The number of hydrogen-bond acceptors (Lipinski definition) is 5. The second-order valence-corrected chi connectivity index (χ2v) is 5.42. The van der Waals surface area contributed by atoms with Gasteiger partial charge >= 0.3 is 5.97 Å². The first-order valence-electron chi connectivity index (χ1n) is 5.96. The van der Waals surface area contributed by atoms with Crippen molar-refractivity contribution < 1.29 is 14.3 Å². The highest BCUT2D eigenvalue weighted by molar-refractivity contribution is 7.16. The summed E-state index contributed by atoms with van der Waals surface area (Å²) in [7, 11) is 0. The van der Waals surface area contributed by atoms with Crippen molar-refractivity contribution in [1.82, 2.24) is 4.98 Å². The summed E-state index contributed by atoms with van der Waals surface area (Å²) in [6.07, 6.45) is 1.45. The number of nitrogens with two attached hydrogens (primary N) is 1. The van der Waals surface area contributed by atoms with E-state index in [0.717, 1.165) is 16.1 Å². The van der Waals surface area contributed by atoms with Crippen LogP contribution in [0.1, 0.15) is 20.8 Å². The summed E-state index contributed by atoms with van der Waals surface area (Å²) in [5.41, 5.74) is 8.17. The summed E-state index contributed by atoms with van der Waals surface area (Å²) >= 11 is 1.23. The van der Waals surface area contributed by atoms with Gasteiger partial charge in [-0.2, -0.15) is 0 Å². The summed E-state index contributed by atoms with van der Waals surface area (Å²) in [5.74, 6) is -1.27. The molecule has 5 nitrogen and oxygen atoms in total. The van der Waals surface area contributed by atoms with Crippen LogP contribution >= 0.6 is 11.3 Å². The third-order valence-corrected chi connectivity index (χ3v) is 3.68. The van der Waals surface area contributed by atoms with Crippen LogP contribution < -0.4 is 5.73 Å². The van der Waals surface area contributed by atoms with Crippen molar-refractivity contribution in [3.8, 4) is 10.6 Å². The van der Waals surface area contributed by atoms with E-state index in [1.165, 1.54) is 23.1 Å². The van der Waals surface area contributed by atoms with E-state index in [2.05, 4.69) is 11.1 Å². The maximum Gasteiger partial charge on any atom is 0.350 e. The number of benzene rings is 1. The largest absolute Gasteiger partial charge is 0.451 e. The maximum absolute atomic E-state index is 11.7. The zero-order valence-electron chi connectivity index (χ0n) is 11.2. The van der Waals surface area contributed by atoms with Gasteiger partial charge in [0.25, 0.3) is 5.91 Å². The Morgan fingerprint density at radius 3 is 2.75 bits per heavy atom. The number of aryl methyl sites for hydroxylation is 2. The van der Waals surface area contributed by atoms with Crippen LogP contribution in [0.4, 0.5) is 0 Å². The van der Waals surface area contributed by atoms with Gasteiger partial charge in [0, 0.05) is 5.56 Å². The number of amides is 1. The normalized spacial score (nSPS) is 10.3. The molecule has 0 unspecified atom stereocenters. The number of hydrogen-bond donors (Lipinski definition) is 1. The van der Waals surface area contributed by atoms with Crippen molar-refractivity contribution in [1.29, 1.82) is 0 Å². The van der Waals surface area contributed by atoms with Crippen LogP contribution in [-0.2, 0) is 9.53 Å². The fourth-order valence-corrected chi connectivity index (χ4v) is 2.65. The van der Waals surface area contributed by atoms with Crippen LogP contribution in [-0.4, -0.2) is 23.5 Å². The minimum absolute atomic E-state index is 0.348. The van der Waals surface area contributed by atoms with Crippen LogP contribution in [0.15, 0.2) is 24.4 Å². The first-order chi connectivity index (χ1) is 9.47. The average molecular weight is 290 g/mol. The Kier molecular flexibility index (Phi) is 4.14. The lowest BCUT2D eigenvalue weighted by atomic mass is 10.1. The molecule has 0 fully saturated rings. The van der Waals surface area contributed by atoms with E-state index in [1.807, 2.05) is 26.0 Å². The monoisotopic (exact) mass is 290 g/mol. The highest BCUT2D eigenvalue weighted by Gasteiger charge is 2.14. The first kappa shape index (κ1) is 14.2. The molecule has 1 amide bonds. The van der Waals surface area contributed by atoms with E-state index in [9.17, 15) is 9.59 Å². The van der Waals surface area contributed by atoms with Gasteiger partial charge in [-0.3, -0.25) is 4.79 Å². The van der Waals surface area contributed by atoms with Crippen molar-refractivity contribution in [2.45, 2.75) is 13.8 Å². The standard InChI is InChI=1S/C14H14N2O3S/c1-8-3-4-10(9(2)5-8)13-16-6-11(20-13)14(18)19-7-12(15)17/h3-6H,7H2,1-2H3,(H2,15,17). The Morgan fingerprint density at radius 1 is 1.35 bits per heavy atom. The van der Waals surface area contributed by atoms with Gasteiger partial charge in [0.15, 0.2) is 6.61 Å². The molecule has 104 valence electrons. The number of nitrogens with zero attached hydrogens (tertiary/aromatic N) is 1. The second kappa shape index (κ2) is 5.83. The molecule has 0 bridgehead atoms. The number of esters is 1. The number of ether oxygens (including phenoxy) is 1. The van der Waals surface area contributed by atoms with Gasteiger partial charge < -0.3 is 10.5 Å². The molecular weight excluding hydrogens is 276 g/mol. The van der Waals surface area contributed by atoms with E-state index >= 15 is 0 Å². The van der Waals surface area contributed by atoms with Gasteiger partial charge in [-0.25, -0.2) is 9.78 Å². The Hall–Kier alpha value is -2.21. The molecule has 0 saturated heterocycles.